The maximum absolute atomic E-state index is 12.7. The van der Waals surface area contributed by atoms with E-state index in [0.717, 1.165) is 4.47 Å². The van der Waals surface area contributed by atoms with Crippen molar-refractivity contribution in [3.05, 3.63) is 67.3 Å². The van der Waals surface area contributed by atoms with Gasteiger partial charge in [0.25, 0.3) is 5.56 Å². The molecule has 9 heteroatoms. The number of halogens is 3. The normalized spacial score (nSPS) is 11.3. The summed E-state index contributed by atoms with van der Waals surface area (Å²) < 4.78 is 33.9. The molecule has 0 saturated heterocycles. The van der Waals surface area contributed by atoms with Gasteiger partial charge in [0.15, 0.2) is 0 Å². The quantitative estimate of drug-likeness (QED) is 0.560. The first-order valence-electron chi connectivity index (χ1n) is 7.61. The molecular weight excluding hydrogens is 412 g/mol. The van der Waals surface area contributed by atoms with Crippen LogP contribution in [0.4, 0.5) is 8.78 Å². The molecular formula is C17H14BrF2N3O3. The van der Waals surface area contributed by atoms with Crippen molar-refractivity contribution in [2.75, 3.05) is 0 Å². The lowest BCUT2D eigenvalue weighted by Gasteiger charge is -2.15. The monoisotopic (exact) mass is 425 g/mol. The number of fused-ring (bicyclic) bond motifs is 1. The summed E-state index contributed by atoms with van der Waals surface area (Å²) in [5.74, 6) is -0.0149. The Kier molecular flexibility index (Phi) is 5.17. The van der Waals surface area contributed by atoms with Crippen LogP contribution >= 0.6 is 15.9 Å². The second kappa shape index (κ2) is 7.36. The summed E-state index contributed by atoms with van der Waals surface area (Å²) >= 11 is 3.37. The van der Waals surface area contributed by atoms with E-state index in [0.29, 0.717) is 22.0 Å². The first-order valence-corrected chi connectivity index (χ1v) is 8.40. The molecule has 0 saturated carbocycles. The highest BCUT2D eigenvalue weighted by atomic mass is 79.9. The molecule has 0 radical (unpaired) electrons. The van der Waals surface area contributed by atoms with Crippen molar-refractivity contribution in [2.24, 2.45) is 12.2 Å². The largest absolute Gasteiger partial charge is 0.434 e. The first kappa shape index (κ1) is 18.2. The minimum absolute atomic E-state index is 0.0149. The summed E-state index contributed by atoms with van der Waals surface area (Å²) in [5.41, 5.74) is 1.43. The highest BCUT2D eigenvalue weighted by molar-refractivity contribution is 9.10. The van der Waals surface area contributed by atoms with E-state index in [1.807, 2.05) is 0 Å². The van der Waals surface area contributed by atoms with Crippen LogP contribution in [0.2, 0.25) is 0 Å². The van der Waals surface area contributed by atoms with Crippen molar-refractivity contribution >= 4 is 26.8 Å². The maximum atomic E-state index is 12.7. The fourth-order valence-electron chi connectivity index (χ4n) is 2.84. The van der Waals surface area contributed by atoms with Crippen LogP contribution in [0.25, 0.3) is 10.9 Å². The number of benzene rings is 2. The SMILES string of the molecule is Cn1c(=O)c2ccc(Br)cc2n1Cc1cc(CN=O)ccc1OC(F)F. The second-order valence-corrected chi connectivity index (χ2v) is 6.57. The number of hydrogen-bond acceptors (Lipinski definition) is 4. The number of nitrogens with zero attached hydrogens (tertiary/aromatic N) is 3. The van der Waals surface area contributed by atoms with E-state index in [1.54, 1.807) is 36.0 Å². The predicted molar refractivity (Wildman–Crippen MR) is 96.6 cm³/mol. The van der Waals surface area contributed by atoms with Crippen molar-refractivity contribution in [3.8, 4) is 5.75 Å². The third kappa shape index (κ3) is 3.52. The van der Waals surface area contributed by atoms with Crippen LogP contribution in [0.1, 0.15) is 11.1 Å². The van der Waals surface area contributed by atoms with Gasteiger partial charge >= 0.3 is 6.61 Å². The minimum Gasteiger partial charge on any atom is -0.434 e. The fourth-order valence-corrected chi connectivity index (χ4v) is 3.19. The standard InChI is InChI=1S/C17H14BrF2N3O3/c1-22-16(24)13-4-3-12(18)7-14(13)23(22)9-11-6-10(8-21-25)2-5-15(11)26-17(19)20/h2-7,17H,8-9H2,1H3. The first-order chi connectivity index (χ1) is 12.4. The molecule has 0 aliphatic carbocycles. The Hall–Kier alpha value is -2.55. The molecule has 0 fully saturated rings. The third-order valence-corrected chi connectivity index (χ3v) is 4.53. The van der Waals surface area contributed by atoms with Gasteiger partial charge in [-0.3, -0.25) is 14.2 Å². The van der Waals surface area contributed by atoms with Crippen LogP contribution in [0.3, 0.4) is 0 Å². The van der Waals surface area contributed by atoms with Crippen molar-refractivity contribution in [2.45, 2.75) is 19.7 Å². The zero-order valence-electron chi connectivity index (χ0n) is 13.7. The summed E-state index contributed by atoms with van der Waals surface area (Å²) in [6, 6.07) is 9.69. The van der Waals surface area contributed by atoms with Gasteiger partial charge in [-0.1, -0.05) is 27.2 Å². The predicted octanol–water partition coefficient (Wildman–Crippen LogP) is 4.02. The molecule has 0 unspecified atom stereocenters. The lowest BCUT2D eigenvalue weighted by Crippen LogP contribution is -2.20. The highest BCUT2D eigenvalue weighted by Gasteiger charge is 2.16. The van der Waals surface area contributed by atoms with Crippen molar-refractivity contribution in [1.82, 2.24) is 9.36 Å². The summed E-state index contributed by atoms with van der Waals surface area (Å²) in [4.78, 5) is 22.9. The number of alkyl halides is 2. The lowest BCUT2D eigenvalue weighted by atomic mass is 10.1. The molecule has 136 valence electrons. The van der Waals surface area contributed by atoms with E-state index in [2.05, 4.69) is 25.8 Å². The molecule has 1 heterocycles. The molecule has 26 heavy (non-hydrogen) atoms. The molecule has 0 atom stereocenters. The smallest absolute Gasteiger partial charge is 0.387 e. The Morgan fingerprint density at radius 2 is 2.00 bits per heavy atom. The average molecular weight is 426 g/mol. The molecule has 1 aromatic heterocycles. The molecule has 6 nitrogen and oxygen atoms in total. The van der Waals surface area contributed by atoms with E-state index < -0.39 is 6.61 Å². The van der Waals surface area contributed by atoms with Crippen LogP contribution in [-0.2, 0) is 20.1 Å². The van der Waals surface area contributed by atoms with E-state index in [9.17, 15) is 18.5 Å². The molecule has 0 spiro atoms. The van der Waals surface area contributed by atoms with Crippen molar-refractivity contribution < 1.29 is 13.5 Å². The van der Waals surface area contributed by atoms with Gasteiger partial charge in [-0.25, -0.2) is 0 Å². The fraction of sp³-hybridized carbons (Fsp3) is 0.235. The van der Waals surface area contributed by atoms with Gasteiger partial charge in [0.1, 0.15) is 12.3 Å². The van der Waals surface area contributed by atoms with E-state index in [4.69, 9.17) is 0 Å². The van der Waals surface area contributed by atoms with Crippen LogP contribution in [-0.4, -0.2) is 16.0 Å². The Balaban J connectivity index is 2.13. The summed E-state index contributed by atoms with van der Waals surface area (Å²) in [5, 5.41) is 3.33. The molecule has 0 aliphatic heterocycles. The maximum Gasteiger partial charge on any atom is 0.387 e. The van der Waals surface area contributed by atoms with Gasteiger partial charge in [0.05, 0.1) is 17.4 Å². The molecule has 0 aliphatic rings. The number of aromatic nitrogens is 2. The Morgan fingerprint density at radius 3 is 2.69 bits per heavy atom. The van der Waals surface area contributed by atoms with Gasteiger partial charge in [0, 0.05) is 17.1 Å². The summed E-state index contributed by atoms with van der Waals surface area (Å²) in [6.07, 6.45) is 0. The lowest BCUT2D eigenvalue weighted by molar-refractivity contribution is -0.0505. The van der Waals surface area contributed by atoms with E-state index in [-0.39, 0.29) is 24.4 Å². The van der Waals surface area contributed by atoms with Crippen molar-refractivity contribution in [3.63, 3.8) is 0 Å². The zero-order valence-corrected chi connectivity index (χ0v) is 15.2. The average Bonchev–Trinajstić information content (AvgIpc) is 2.81. The van der Waals surface area contributed by atoms with E-state index >= 15 is 0 Å². The summed E-state index contributed by atoms with van der Waals surface area (Å²) in [7, 11) is 1.60. The number of rotatable bonds is 6. The highest BCUT2D eigenvalue weighted by Crippen LogP contribution is 2.26. The Labute approximate surface area is 155 Å². The molecule has 0 N–H and O–H groups in total. The van der Waals surface area contributed by atoms with Gasteiger partial charge in [-0.2, -0.15) is 13.7 Å². The third-order valence-electron chi connectivity index (χ3n) is 4.03. The van der Waals surface area contributed by atoms with Gasteiger partial charge in [-0.15, -0.1) is 0 Å². The van der Waals surface area contributed by atoms with Gasteiger partial charge < -0.3 is 4.74 Å². The van der Waals surface area contributed by atoms with Gasteiger partial charge in [0.2, 0.25) is 0 Å². The van der Waals surface area contributed by atoms with Crippen LogP contribution in [0.15, 0.2) is 50.8 Å². The van der Waals surface area contributed by atoms with Crippen LogP contribution in [0.5, 0.6) is 5.75 Å². The van der Waals surface area contributed by atoms with Crippen molar-refractivity contribution in [1.29, 1.82) is 0 Å². The minimum atomic E-state index is -2.98. The van der Waals surface area contributed by atoms with E-state index in [1.165, 1.54) is 16.8 Å². The molecule has 0 bridgehead atoms. The second-order valence-electron chi connectivity index (χ2n) is 5.66. The van der Waals surface area contributed by atoms with Crippen LogP contribution < -0.4 is 10.3 Å². The molecule has 3 rings (SSSR count). The van der Waals surface area contributed by atoms with Gasteiger partial charge in [-0.05, 0) is 35.9 Å². The summed E-state index contributed by atoms with van der Waals surface area (Å²) in [6.45, 7) is -2.96. The molecule has 2 aromatic carbocycles. The van der Waals surface area contributed by atoms with Crippen LogP contribution in [0, 0.1) is 4.91 Å². The Bertz CT molecular complexity index is 1030. The Morgan fingerprint density at radius 1 is 1.23 bits per heavy atom. The topological polar surface area (TPSA) is 65.6 Å². The number of nitroso groups, excluding NO2 is 1. The number of hydrogen-bond donors (Lipinski definition) is 0. The molecule has 0 amide bonds. The number of ether oxygens (including phenoxy) is 1. The zero-order chi connectivity index (χ0) is 18.8. The molecule has 3 aromatic rings.